The minimum absolute atomic E-state index is 0.0355. The molecule has 0 fully saturated rings. The summed E-state index contributed by atoms with van der Waals surface area (Å²) in [6, 6.07) is 2.14. The van der Waals surface area contributed by atoms with Crippen LogP contribution in [0.1, 0.15) is 37.1 Å². The molecule has 1 rings (SSSR count). The Hall–Kier alpha value is -1.27. The van der Waals surface area contributed by atoms with Gasteiger partial charge < -0.3 is 5.32 Å². The Balaban J connectivity index is 2.52. The molecular formula is C13H17NOS. The number of unbranched alkanes of at least 4 members (excludes halogenated alkanes) is 1. The van der Waals surface area contributed by atoms with Gasteiger partial charge in [0.1, 0.15) is 0 Å². The molecular weight excluding hydrogens is 218 g/mol. The quantitative estimate of drug-likeness (QED) is 0.798. The van der Waals surface area contributed by atoms with Crippen LogP contribution in [0.15, 0.2) is 11.4 Å². The van der Waals surface area contributed by atoms with Crippen LogP contribution in [0.3, 0.4) is 0 Å². The van der Waals surface area contributed by atoms with E-state index < -0.39 is 0 Å². The van der Waals surface area contributed by atoms with Gasteiger partial charge in [0.25, 0.3) is 0 Å². The van der Waals surface area contributed by atoms with E-state index in [0.717, 1.165) is 11.3 Å². The van der Waals surface area contributed by atoms with Crippen molar-refractivity contribution in [2.24, 2.45) is 0 Å². The first-order chi connectivity index (χ1) is 7.74. The molecule has 3 heteroatoms. The van der Waals surface area contributed by atoms with Crippen molar-refractivity contribution in [1.29, 1.82) is 0 Å². The summed E-state index contributed by atoms with van der Waals surface area (Å²) in [7, 11) is 0. The maximum atomic E-state index is 10.6. The molecule has 1 aromatic rings. The maximum absolute atomic E-state index is 10.6. The van der Waals surface area contributed by atoms with Gasteiger partial charge in [0, 0.05) is 6.92 Å². The van der Waals surface area contributed by atoms with Crippen LogP contribution < -0.4 is 5.32 Å². The van der Waals surface area contributed by atoms with E-state index in [1.807, 2.05) is 0 Å². The number of hydrogen-bond donors (Lipinski definition) is 1. The molecule has 1 aromatic heterocycles. The first-order valence-electron chi connectivity index (χ1n) is 5.53. The molecule has 0 aliphatic rings. The van der Waals surface area contributed by atoms with Crippen LogP contribution in [0.25, 0.3) is 0 Å². The van der Waals surface area contributed by atoms with Gasteiger partial charge in [-0.05, 0) is 29.9 Å². The summed E-state index contributed by atoms with van der Waals surface area (Å²) in [5.41, 5.74) is 1.34. The number of hydrogen-bond acceptors (Lipinski definition) is 2. The number of rotatable bonds is 4. The zero-order valence-corrected chi connectivity index (χ0v) is 10.6. The van der Waals surface area contributed by atoms with E-state index in [2.05, 4.69) is 35.5 Å². The number of nitrogens with one attached hydrogen (secondary N) is 1. The van der Waals surface area contributed by atoms with E-state index in [1.165, 1.54) is 25.3 Å². The zero-order valence-electron chi connectivity index (χ0n) is 9.80. The Morgan fingerprint density at radius 2 is 2.38 bits per heavy atom. The number of carbonyl (C=O) groups is 1. The van der Waals surface area contributed by atoms with Crippen LogP contribution in [0, 0.1) is 11.8 Å². The highest BCUT2D eigenvalue weighted by Gasteiger charge is 2.00. The topological polar surface area (TPSA) is 29.1 Å². The SMILES string of the molecule is CCCCc1ccsc1C#CCNC(C)=O. The first kappa shape index (κ1) is 12.8. The van der Waals surface area contributed by atoms with Gasteiger partial charge in [-0.25, -0.2) is 0 Å². The molecule has 0 bridgehead atoms. The second-order valence-electron chi connectivity index (χ2n) is 3.59. The molecule has 16 heavy (non-hydrogen) atoms. The average Bonchev–Trinajstić information content (AvgIpc) is 2.69. The molecule has 1 amide bonds. The highest BCUT2D eigenvalue weighted by molar-refractivity contribution is 7.10. The van der Waals surface area contributed by atoms with Crippen molar-refractivity contribution < 1.29 is 4.79 Å². The van der Waals surface area contributed by atoms with Crippen molar-refractivity contribution in [3.05, 3.63) is 21.9 Å². The fourth-order valence-electron chi connectivity index (χ4n) is 1.30. The van der Waals surface area contributed by atoms with Gasteiger partial charge in [-0.15, -0.1) is 11.3 Å². The highest BCUT2D eigenvalue weighted by Crippen LogP contribution is 2.17. The molecule has 0 saturated heterocycles. The van der Waals surface area contributed by atoms with Gasteiger partial charge in [0.05, 0.1) is 11.4 Å². The van der Waals surface area contributed by atoms with Crippen molar-refractivity contribution in [3.8, 4) is 11.8 Å². The molecule has 0 saturated carbocycles. The molecule has 0 unspecified atom stereocenters. The van der Waals surface area contributed by atoms with E-state index in [4.69, 9.17) is 0 Å². The smallest absolute Gasteiger partial charge is 0.217 e. The molecule has 0 aliphatic carbocycles. The summed E-state index contributed by atoms with van der Waals surface area (Å²) in [6.45, 7) is 4.12. The predicted octanol–water partition coefficient (Wildman–Crippen LogP) is 2.58. The third-order valence-corrected chi connectivity index (χ3v) is 3.05. The Kier molecular flexibility index (Phi) is 5.66. The molecule has 0 spiro atoms. The predicted molar refractivity (Wildman–Crippen MR) is 68.5 cm³/mol. The Morgan fingerprint density at radius 1 is 1.56 bits per heavy atom. The minimum Gasteiger partial charge on any atom is -0.345 e. The van der Waals surface area contributed by atoms with Crippen molar-refractivity contribution in [2.75, 3.05) is 6.54 Å². The second-order valence-corrected chi connectivity index (χ2v) is 4.51. The van der Waals surface area contributed by atoms with Gasteiger partial charge in [0.15, 0.2) is 0 Å². The van der Waals surface area contributed by atoms with Crippen LogP contribution >= 0.6 is 11.3 Å². The Labute approximate surface area is 101 Å². The van der Waals surface area contributed by atoms with E-state index in [-0.39, 0.29) is 5.91 Å². The lowest BCUT2D eigenvalue weighted by atomic mass is 10.1. The van der Waals surface area contributed by atoms with Crippen molar-refractivity contribution in [2.45, 2.75) is 33.1 Å². The minimum atomic E-state index is -0.0355. The van der Waals surface area contributed by atoms with Crippen molar-refractivity contribution >= 4 is 17.2 Å². The van der Waals surface area contributed by atoms with Gasteiger partial charge in [0.2, 0.25) is 5.91 Å². The summed E-state index contributed by atoms with van der Waals surface area (Å²) < 4.78 is 0. The molecule has 1 N–H and O–H groups in total. The summed E-state index contributed by atoms with van der Waals surface area (Å²) in [4.78, 5) is 11.8. The normalized spacial score (nSPS) is 9.38. The number of carbonyl (C=O) groups excluding carboxylic acids is 1. The molecule has 0 aromatic carbocycles. The summed E-state index contributed by atoms with van der Waals surface area (Å²) in [6.07, 6.45) is 3.51. The molecule has 2 nitrogen and oxygen atoms in total. The van der Waals surface area contributed by atoms with Crippen LogP contribution in [-0.4, -0.2) is 12.5 Å². The molecule has 0 atom stereocenters. The van der Waals surface area contributed by atoms with Crippen molar-refractivity contribution in [3.63, 3.8) is 0 Å². The highest BCUT2D eigenvalue weighted by atomic mass is 32.1. The van der Waals surface area contributed by atoms with E-state index in [0.29, 0.717) is 6.54 Å². The fourth-order valence-corrected chi connectivity index (χ4v) is 2.12. The number of aryl methyl sites for hydroxylation is 1. The maximum Gasteiger partial charge on any atom is 0.217 e. The Bertz CT molecular complexity index is 398. The molecule has 0 aliphatic heterocycles. The second kappa shape index (κ2) is 7.08. The largest absolute Gasteiger partial charge is 0.345 e. The average molecular weight is 235 g/mol. The third-order valence-electron chi connectivity index (χ3n) is 2.17. The van der Waals surface area contributed by atoms with E-state index >= 15 is 0 Å². The van der Waals surface area contributed by atoms with Gasteiger partial charge in [-0.3, -0.25) is 4.79 Å². The summed E-state index contributed by atoms with van der Waals surface area (Å²) >= 11 is 1.67. The van der Waals surface area contributed by atoms with Crippen LogP contribution in [0.5, 0.6) is 0 Å². The number of thiophene rings is 1. The van der Waals surface area contributed by atoms with Gasteiger partial charge in [-0.2, -0.15) is 0 Å². The summed E-state index contributed by atoms with van der Waals surface area (Å²) in [5, 5.41) is 4.74. The lowest BCUT2D eigenvalue weighted by Gasteiger charge is -1.96. The van der Waals surface area contributed by atoms with E-state index in [9.17, 15) is 4.79 Å². The van der Waals surface area contributed by atoms with Crippen LogP contribution in [-0.2, 0) is 11.2 Å². The third kappa shape index (κ3) is 4.50. The zero-order chi connectivity index (χ0) is 11.8. The summed E-state index contributed by atoms with van der Waals surface area (Å²) in [5.74, 6) is 6.04. The first-order valence-corrected chi connectivity index (χ1v) is 6.41. The molecule has 86 valence electrons. The van der Waals surface area contributed by atoms with Crippen molar-refractivity contribution in [1.82, 2.24) is 5.32 Å². The lowest BCUT2D eigenvalue weighted by Crippen LogP contribution is -2.19. The fraction of sp³-hybridized carbons (Fsp3) is 0.462. The monoisotopic (exact) mass is 235 g/mol. The molecule has 0 radical (unpaired) electrons. The van der Waals surface area contributed by atoms with Crippen LogP contribution in [0.4, 0.5) is 0 Å². The van der Waals surface area contributed by atoms with Gasteiger partial charge >= 0.3 is 0 Å². The lowest BCUT2D eigenvalue weighted by molar-refractivity contribution is -0.118. The number of amides is 1. The van der Waals surface area contributed by atoms with Gasteiger partial charge in [-0.1, -0.05) is 25.2 Å². The standard InChI is InChI=1S/C13H17NOS/c1-3-4-6-12-8-10-16-13(12)7-5-9-14-11(2)15/h8,10H,3-4,6,9H2,1-2H3,(H,14,15). The Morgan fingerprint density at radius 3 is 3.06 bits per heavy atom. The molecule has 1 heterocycles. The van der Waals surface area contributed by atoms with Crippen LogP contribution in [0.2, 0.25) is 0 Å². The van der Waals surface area contributed by atoms with E-state index in [1.54, 1.807) is 11.3 Å².